The molecule has 0 spiro atoms. The van der Waals surface area contributed by atoms with Gasteiger partial charge in [0.2, 0.25) is 5.91 Å². The van der Waals surface area contributed by atoms with Crippen LogP contribution in [0.4, 0.5) is 0 Å². The van der Waals surface area contributed by atoms with E-state index in [1.165, 1.54) is 5.56 Å². The summed E-state index contributed by atoms with van der Waals surface area (Å²) in [4.78, 5) is 13.7. The van der Waals surface area contributed by atoms with Crippen LogP contribution in [0, 0.1) is 0 Å². The van der Waals surface area contributed by atoms with Crippen molar-refractivity contribution in [1.29, 1.82) is 0 Å². The van der Waals surface area contributed by atoms with Gasteiger partial charge < -0.3 is 9.64 Å². The SMILES string of the molecule is COCC(=O)N1CCCC1c1ccsc1. The largest absolute Gasteiger partial charge is 0.375 e. The van der Waals surface area contributed by atoms with Gasteiger partial charge in [-0.3, -0.25) is 4.79 Å². The maximum atomic E-state index is 11.8. The monoisotopic (exact) mass is 225 g/mol. The van der Waals surface area contributed by atoms with Crippen LogP contribution in [-0.4, -0.2) is 31.1 Å². The van der Waals surface area contributed by atoms with E-state index >= 15 is 0 Å². The van der Waals surface area contributed by atoms with Gasteiger partial charge in [0, 0.05) is 13.7 Å². The van der Waals surface area contributed by atoms with Crippen molar-refractivity contribution < 1.29 is 9.53 Å². The summed E-state index contributed by atoms with van der Waals surface area (Å²) < 4.78 is 4.89. The first-order valence-electron chi connectivity index (χ1n) is 5.13. The van der Waals surface area contributed by atoms with E-state index in [1.54, 1.807) is 18.4 Å². The minimum Gasteiger partial charge on any atom is -0.375 e. The van der Waals surface area contributed by atoms with Crippen molar-refractivity contribution in [2.24, 2.45) is 0 Å². The van der Waals surface area contributed by atoms with Crippen LogP contribution in [0.15, 0.2) is 16.8 Å². The van der Waals surface area contributed by atoms with Crippen LogP contribution >= 0.6 is 11.3 Å². The van der Waals surface area contributed by atoms with E-state index in [-0.39, 0.29) is 18.6 Å². The first-order valence-corrected chi connectivity index (χ1v) is 6.07. The number of carbonyl (C=O) groups excluding carboxylic acids is 1. The second-order valence-electron chi connectivity index (χ2n) is 3.73. The van der Waals surface area contributed by atoms with Crippen LogP contribution < -0.4 is 0 Å². The summed E-state index contributed by atoms with van der Waals surface area (Å²) in [5, 5.41) is 4.19. The molecule has 1 aromatic rings. The number of likely N-dealkylation sites (tertiary alicyclic amines) is 1. The van der Waals surface area contributed by atoms with Gasteiger partial charge in [-0.1, -0.05) is 0 Å². The fourth-order valence-corrected chi connectivity index (χ4v) is 2.79. The van der Waals surface area contributed by atoms with Crippen LogP contribution in [0.1, 0.15) is 24.4 Å². The Morgan fingerprint density at radius 3 is 3.27 bits per heavy atom. The molecule has 0 aromatic carbocycles. The highest BCUT2D eigenvalue weighted by atomic mass is 32.1. The lowest BCUT2D eigenvalue weighted by atomic mass is 10.1. The van der Waals surface area contributed by atoms with E-state index in [1.807, 2.05) is 4.90 Å². The van der Waals surface area contributed by atoms with E-state index in [0.29, 0.717) is 0 Å². The quantitative estimate of drug-likeness (QED) is 0.788. The van der Waals surface area contributed by atoms with Crippen molar-refractivity contribution >= 4 is 17.2 Å². The van der Waals surface area contributed by atoms with Crippen LogP contribution in [0.3, 0.4) is 0 Å². The number of rotatable bonds is 3. The first-order chi connectivity index (χ1) is 7.33. The van der Waals surface area contributed by atoms with Gasteiger partial charge in [0.25, 0.3) is 0 Å². The van der Waals surface area contributed by atoms with E-state index in [0.717, 1.165) is 19.4 Å². The van der Waals surface area contributed by atoms with Gasteiger partial charge >= 0.3 is 0 Å². The zero-order valence-electron chi connectivity index (χ0n) is 8.81. The maximum absolute atomic E-state index is 11.8. The Hall–Kier alpha value is -0.870. The standard InChI is InChI=1S/C11H15NO2S/c1-14-7-11(13)12-5-2-3-10(12)9-4-6-15-8-9/h4,6,8,10H,2-3,5,7H2,1H3. The maximum Gasteiger partial charge on any atom is 0.249 e. The summed E-state index contributed by atoms with van der Waals surface area (Å²) >= 11 is 1.68. The highest BCUT2D eigenvalue weighted by molar-refractivity contribution is 7.07. The molecule has 3 nitrogen and oxygen atoms in total. The minimum atomic E-state index is 0.103. The van der Waals surface area contributed by atoms with Crippen LogP contribution in [0.25, 0.3) is 0 Å². The lowest BCUT2D eigenvalue weighted by Crippen LogP contribution is -2.33. The summed E-state index contributed by atoms with van der Waals surface area (Å²) in [6.07, 6.45) is 2.17. The summed E-state index contributed by atoms with van der Waals surface area (Å²) in [5.41, 5.74) is 1.27. The average molecular weight is 225 g/mol. The number of ether oxygens (including phenoxy) is 1. The van der Waals surface area contributed by atoms with E-state index in [4.69, 9.17) is 4.74 Å². The molecule has 1 atom stereocenters. The Labute approximate surface area is 93.7 Å². The van der Waals surface area contributed by atoms with Gasteiger partial charge in [-0.15, -0.1) is 0 Å². The van der Waals surface area contributed by atoms with Gasteiger partial charge in [0.05, 0.1) is 6.04 Å². The molecule has 0 saturated carbocycles. The molecule has 1 aromatic heterocycles. The lowest BCUT2D eigenvalue weighted by molar-refractivity contribution is -0.136. The first kappa shape index (κ1) is 10.6. The van der Waals surface area contributed by atoms with Gasteiger partial charge in [0.15, 0.2) is 0 Å². The second-order valence-corrected chi connectivity index (χ2v) is 4.51. The molecule has 0 radical (unpaired) electrons. The zero-order chi connectivity index (χ0) is 10.7. The number of carbonyl (C=O) groups is 1. The molecule has 1 aliphatic rings. The highest BCUT2D eigenvalue weighted by Crippen LogP contribution is 2.32. The molecule has 2 rings (SSSR count). The third-order valence-corrected chi connectivity index (χ3v) is 3.47. The number of amides is 1. The van der Waals surface area contributed by atoms with E-state index in [9.17, 15) is 4.79 Å². The third kappa shape index (κ3) is 2.21. The topological polar surface area (TPSA) is 29.5 Å². The summed E-state index contributed by atoms with van der Waals surface area (Å²) in [7, 11) is 1.56. The average Bonchev–Trinajstić information content (AvgIpc) is 2.88. The van der Waals surface area contributed by atoms with Gasteiger partial charge in [-0.2, -0.15) is 11.3 Å². The molecular formula is C11H15NO2S. The number of methoxy groups -OCH3 is 1. The molecule has 0 N–H and O–H groups in total. The van der Waals surface area contributed by atoms with E-state index in [2.05, 4.69) is 16.8 Å². The molecule has 0 bridgehead atoms. The Balaban J connectivity index is 2.08. The van der Waals surface area contributed by atoms with Crippen molar-refractivity contribution in [2.45, 2.75) is 18.9 Å². The van der Waals surface area contributed by atoms with E-state index < -0.39 is 0 Å². The van der Waals surface area contributed by atoms with Gasteiger partial charge in [0.1, 0.15) is 6.61 Å². The Kier molecular flexibility index (Phi) is 3.38. The van der Waals surface area contributed by atoms with Crippen molar-refractivity contribution in [1.82, 2.24) is 4.90 Å². The van der Waals surface area contributed by atoms with Gasteiger partial charge in [-0.25, -0.2) is 0 Å². The molecule has 2 heterocycles. The normalized spacial score (nSPS) is 20.9. The molecule has 1 aliphatic heterocycles. The molecule has 0 aliphatic carbocycles. The number of hydrogen-bond donors (Lipinski definition) is 0. The predicted molar refractivity (Wildman–Crippen MR) is 59.9 cm³/mol. The fraction of sp³-hybridized carbons (Fsp3) is 0.545. The van der Waals surface area contributed by atoms with Crippen molar-refractivity contribution in [3.63, 3.8) is 0 Å². The smallest absolute Gasteiger partial charge is 0.249 e. The summed E-state index contributed by atoms with van der Waals surface area (Å²) in [6, 6.07) is 2.38. The van der Waals surface area contributed by atoms with Crippen molar-refractivity contribution in [3.8, 4) is 0 Å². The molecule has 82 valence electrons. The number of hydrogen-bond acceptors (Lipinski definition) is 3. The molecule has 15 heavy (non-hydrogen) atoms. The van der Waals surface area contributed by atoms with Gasteiger partial charge in [-0.05, 0) is 35.2 Å². The van der Waals surface area contributed by atoms with Crippen LogP contribution in [0.5, 0.6) is 0 Å². The fourth-order valence-electron chi connectivity index (χ4n) is 2.08. The number of thiophene rings is 1. The molecule has 1 saturated heterocycles. The Morgan fingerprint density at radius 1 is 1.73 bits per heavy atom. The predicted octanol–water partition coefficient (Wildman–Crippen LogP) is 2.06. The lowest BCUT2D eigenvalue weighted by Gasteiger charge is -2.23. The minimum absolute atomic E-state index is 0.103. The zero-order valence-corrected chi connectivity index (χ0v) is 9.63. The summed E-state index contributed by atoms with van der Waals surface area (Å²) in [5.74, 6) is 0.103. The third-order valence-electron chi connectivity index (χ3n) is 2.77. The molecule has 4 heteroatoms. The molecule has 1 unspecified atom stereocenters. The molecular weight excluding hydrogens is 210 g/mol. The number of nitrogens with zero attached hydrogens (tertiary/aromatic N) is 1. The van der Waals surface area contributed by atoms with Crippen molar-refractivity contribution in [3.05, 3.63) is 22.4 Å². The summed E-state index contributed by atoms with van der Waals surface area (Å²) in [6.45, 7) is 1.06. The Bertz CT molecular complexity index is 323. The molecule has 1 amide bonds. The highest BCUT2D eigenvalue weighted by Gasteiger charge is 2.29. The van der Waals surface area contributed by atoms with Crippen LogP contribution in [-0.2, 0) is 9.53 Å². The molecule has 1 fully saturated rings. The second kappa shape index (κ2) is 4.77. The van der Waals surface area contributed by atoms with Crippen molar-refractivity contribution in [2.75, 3.05) is 20.3 Å². The Morgan fingerprint density at radius 2 is 2.60 bits per heavy atom. The van der Waals surface area contributed by atoms with Crippen LogP contribution in [0.2, 0.25) is 0 Å².